The van der Waals surface area contributed by atoms with E-state index in [9.17, 15) is 17.9 Å². The van der Waals surface area contributed by atoms with Crippen molar-refractivity contribution >= 4 is 32.4 Å². The summed E-state index contributed by atoms with van der Waals surface area (Å²) in [7, 11) is -2.80. The summed E-state index contributed by atoms with van der Waals surface area (Å²) >= 11 is 1.24. The van der Waals surface area contributed by atoms with Crippen molar-refractivity contribution in [1.29, 1.82) is 0 Å². The van der Waals surface area contributed by atoms with E-state index in [2.05, 4.69) is 24.9 Å². The van der Waals surface area contributed by atoms with E-state index < -0.39 is 22.4 Å². The Morgan fingerprint density at radius 3 is 2.76 bits per heavy atom. The number of benzene rings is 1. The predicted octanol–water partition coefficient (Wildman–Crippen LogP) is 1.75. The second-order valence-electron chi connectivity index (χ2n) is 6.24. The van der Waals surface area contributed by atoms with Crippen LogP contribution in [0.3, 0.4) is 0 Å². The van der Waals surface area contributed by atoms with Crippen LogP contribution < -0.4 is 4.72 Å². The second kappa shape index (κ2) is 7.55. The molecular weight excluding hydrogens is 421 g/mol. The molecule has 29 heavy (non-hydrogen) atoms. The van der Waals surface area contributed by atoms with Crippen molar-refractivity contribution in [2.75, 3.05) is 0 Å². The molecule has 2 N–H and O–H groups in total. The van der Waals surface area contributed by atoms with Crippen LogP contribution >= 0.6 is 11.3 Å². The van der Waals surface area contributed by atoms with Crippen molar-refractivity contribution in [3.63, 3.8) is 0 Å². The van der Waals surface area contributed by atoms with Gasteiger partial charge in [-0.05, 0) is 36.8 Å². The molecule has 0 amide bonds. The zero-order chi connectivity index (χ0) is 20.6. The zero-order valence-electron chi connectivity index (χ0n) is 14.9. The van der Waals surface area contributed by atoms with E-state index in [1.807, 2.05) is 12.1 Å². The van der Waals surface area contributed by atoms with E-state index in [1.54, 1.807) is 12.1 Å². The molecule has 0 aliphatic carbocycles. The van der Waals surface area contributed by atoms with Crippen LogP contribution in [0.1, 0.15) is 23.7 Å². The largest absolute Gasteiger partial charge is 0.420 e. The lowest BCUT2D eigenvalue weighted by Gasteiger charge is -2.14. The molecule has 0 saturated heterocycles. The summed E-state index contributed by atoms with van der Waals surface area (Å²) in [4.78, 5) is 8.10. The Balaban J connectivity index is 1.65. The fourth-order valence-electron chi connectivity index (χ4n) is 2.60. The van der Waals surface area contributed by atoms with Crippen molar-refractivity contribution < 1.29 is 22.3 Å². The molecule has 4 aromatic rings. The van der Waals surface area contributed by atoms with Crippen molar-refractivity contribution in [2.24, 2.45) is 0 Å². The minimum Gasteiger partial charge on any atom is -0.420 e. The van der Waals surface area contributed by atoms with Gasteiger partial charge in [0.1, 0.15) is 5.01 Å². The first kappa shape index (κ1) is 19.5. The van der Waals surface area contributed by atoms with Gasteiger partial charge in [0.05, 0.1) is 16.8 Å². The molecule has 0 aliphatic heterocycles. The Morgan fingerprint density at radius 2 is 2.03 bits per heavy atom. The Morgan fingerprint density at radius 1 is 1.24 bits per heavy atom. The number of nitrogens with zero attached hydrogens (tertiary/aromatic N) is 4. The van der Waals surface area contributed by atoms with Crippen molar-refractivity contribution in [3.8, 4) is 11.1 Å². The van der Waals surface area contributed by atoms with Crippen molar-refractivity contribution in [2.45, 2.75) is 19.1 Å². The lowest BCUT2D eigenvalue weighted by atomic mass is 10.1. The number of fused-ring (bicyclic) bond motifs is 1. The molecule has 0 fully saturated rings. The zero-order valence-corrected chi connectivity index (χ0v) is 16.6. The maximum atomic E-state index is 13.0. The van der Waals surface area contributed by atoms with Gasteiger partial charge < -0.3 is 9.52 Å². The first-order valence-corrected chi connectivity index (χ1v) is 10.3. The number of nitrogens with one attached hydrogen (secondary N) is 1. The normalized spacial score (nSPS) is 13.8. The van der Waals surface area contributed by atoms with Gasteiger partial charge in [-0.2, -0.15) is 4.39 Å². The fraction of sp³-hybridized carbons (Fsp3) is 0.176. The molecule has 0 spiro atoms. The topological polar surface area (TPSA) is 131 Å². The van der Waals surface area contributed by atoms with E-state index in [0.29, 0.717) is 10.5 Å². The summed E-state index contributed by atoms with van der Waals surface area (Å²) < 4.78 is 42.6. The van der Waals surface area contributed by atoms with Crippen LogP contribution in [-0.4, -0.2) is 33.7 Å². The van der Waals surface area contributed by atoms with Gasteiger partial charge in [-0.15, -0.1) is 21.5 Å². The SMILES string of the molecule is CC(O)(c1nnc(CN[SH](=O)=O)o1)c1nc2ccc(-c3ccc(F)nc3)cc2s1. The standard InChI is InChI=1S/C17H14FN5O4S2/c1-17(24,15-23-22-14(27-15)8-20-29(25)26)16-21-11-4-2-9(6-12(11)28-16)10-3-5-13(18)19-7-10/h2-7,24,29H,8H2,1H3,(H,20,25,26). The number of pyridine rings is 1. The van der Waals surface area contributed by atoms with Gasteiger partial charge in [0.25, 0.3) is 5.89 Å². The van der Waals surface area contributed by atoms with E-state index in [1.165, 1.54) is 30.5 Å². The van der Waals surface area contributed by atoms with E-state index >= 15 is 0 Å². The predicted molar refractivity (Wildman–Crippen MR) is 103 cm³/mol. The smallest absolute Gasteiger partial charge is 0.254 e. The van der Waals surface area contributed by atoms with Crippen LogP contribution in [0.2, 0.25) is 0 Å². The third-order valence-electron chi connectivity index (χ3n) is 4.11. The highest BCUT2D eigenvalue weighted by Gasteiger charge is 2.35. The molecule has 3 heterocycles. The van der Waals surface area contributed by atoms with Crippen LogP contribution in [0.15, 0.2) is 40.9 Å². The average Bonchev–Trinajstić information content (AvgIpc) is 3.34. The summed E-state index contributed by atoms with van der Waals surface area (Å²) in [6.07, 6.45) is 1.44. The monoisotopic (exact) mass is 435 g/mol. The molecule has 3 aromatic heterocycles. The summed E-state index contributed by atoms with van der Waals surface area (Å²) in [6, 6.07) is 8.41. The molecular formula is C17H14FN5O4S2. The molecule has 12 heteroatoms. The average molecular weight is 435 g/mol. The number of aliphatic hydroxyl groups is 1. The van der Waals surface area contributed by atoms with Gasteiger partial charge in [-0.1, -0.05) is 6.07 Å². The molecule has 0 bridgehead atoms. The highest BCUT2D eigenvalue weighted by atomic mass is 32.2. The van der Waals surface area contributed by atoms with Crippen LogP contribution in [0.5, 0.6) is 0 Å². The highest BCUT2D eigenvalue weighted by molar-refractivity contribution is 7.70. The van der Waals surface area contributed by atoms with Crippen molar-refractivity contribution in [1.82, 2.24) is 24.9 Å². The van der Waals surface area contributed by atoms with E-state index in [-0.39, 0.29) is 18.3 Å². The van der Waals surface area contributed by atoms with Crippen molar-refractivity contribution in [3.05, 3.63) is 59.3 Å². The highest BCUT2D eigenvalue weighted by Crippen LogP contribution is 2.35. The Hall–Kier alpha value is -2.80. The molecule has 1 aromatic carbocycles. The minimum atomic E-state index is -2.80. The first-order chi connectivity index (χ1) is 13.8. The number of aromatic nitrogens is 4. The number of rotatable bonds is 6. The van der Waals surface area contributed by atoms with E-state index in [0.717, 1.165) is 15.8 Å². The molecule has 0 radical (unpaired) electrons. The van der Waals surface area contributed by atoms with Gasteiger partial charge in [0, 0.05) is 11.8 Å². The number of hydrogen-bond donors (Lipinski definition) is 3. The molecule has 9 nitrogen and oxygen atoms in total. The lowest BCUT2D eigenvalue weighted by molar-refractivity contribution is 0.0692. The van der Waals surface area contributed by atoms with Gasteiger partial charge in [0.2, 0.25) is 22.7 Å². The van der Waals surface area contributed by atoms with Crippen LogP contribution in [0.4, 0.5) is 4.39 Å². The van der Waals surface area contributed by atoms with Crippen LogP contribution in [0.25, 0.3) is 21.3 Å². The lowest BCUT2D eigenvalue weighted by Crippen LogP contribution is -2.23. The molecule has 4 rings (SSSR count). The maximum Gasteiger partial charge on any atom is 0.254 e. The summed E-state index contributed by atoms with van der Waals surface area (Å²) in [5.74, 6) is -0.633. The van der Waals surface area contributed by atoms with Crippen LogP contribution in [0, 0.1) is 5.95 Å². The molecule has 1 atom stereocenters. The Kier molecular flexibility index (Phi) is 5.08. The molecule has 1 unspecified atom stereocenters. The Labute approximate surface area is 169 Å². The van der Waals surface area contributed by atoms with Gasteiger partial charge in [-0.25, -0.2) is 23.1 Å². The second-order valence-corrected chi connectivity index (χ2v) is 8.10. The number of hydrogen-bond acceptors (Lipinski definition) is 9. The number of thiazole rings is 1. The molecule has 0 aliphatic rings. The summed E-state index contributed by atoms with van der Waals surface area (Å²) in [6.45, 7) is 1.30. The van der Waals surface area contributed by atoms with Gasteiger partial charge >= 0.3 is 0 Å². The third-order valence-corrected chi connectivity index (χ3v) is 5.75. The number of halogens is 1. The summed E-state index contributed by atoms with van der Waals surface area (Å²) in [5, 5.41) is 18.8. The minimum absolute atomic E-state index is 0.0201. The molecule has 0 saturated carbocycles. The van der Waals surface area contributed by atoms with Gasteiger partial charge in [-0.3, -0.25) is 0 Å². The fourth-order valence-corrected chi connectivity index (χ4v) is 3.91. The first-order valence-electron chi connectivity index (χ1n) is 8.29. The Bertz CT molecular complexity index is 1240. The quantitative estimate of drug-likeness (QED) is 0.308. The van der Waals surface area contributed by atoms with E-state index in [4.69, 9.17) is 4.42 Å². The number of thiol groups is 1. The summed E-state index contributed by atoms with van der Waals surface area (Å²) in [5.41, 5.74) is 0.582. The van der Waals surface area contributed by atoms with Crippen LogP contribution in [-0.2, 0) is 23.0 Å². The molecule has 150 valence electrons. The van der Waals surface area contributed by atoms with Gasteiger partial charge in [0.15, 0.2) is 5.60 Å². The third kappa shape index (κ3) is 4.00. The maximum absolute atomic E-state index is 13.0.